The molecule has 0 saturated carbocycles. The van der Waals surface area contributed by atoms with Crippen LogP contribution >= 0.6 is 0 Å². The minimum Gasteiger partial charge on any atom is -0.486 e. The number of hydrogen-bond donors (Lipinski definition) is 0. The number of carbonyl (C=O) groups is 1. The zero-order chi connectivity index (χ0) is 19.0. The molecule has 0 radical (unpaired) electrons. The quantitative estimate of drug-likeness (QED) is 0.521. The molecule has 0 amide bonds. The van der Waals surface area contributed by atoms with E-state index in [1.54, 1.807) is 18.2 Å². The van der Waals surface area contributed by atoms with Crippen LogP contribution < -0.4 is 15.1 Å². The van der Waals surface area contributed by atoms with Gasteiger partial charge in [0.15, 0.2) is 11.5 Å². The van der Waals surface area contributed by atoms with Gasteiger partial charge in [0.2, 0.25) is 0 Å². The maximum atomic E-state index is 12.4. The van der Waals surface area contributed by atoms with E-state index in [1.807, 2.05) is 26.0 Å². The molecule has 0 unspecified atom stereocenters. The summed E-state index contributed by atoms with van der Waals surface area (Å²) >= 11 is 0. The van der Waals surface area contributed by atoms with Crippen LogP contribution in [0, 0.1) is 13.8 Å². The predicted molar refractivity (Wildman–Crippen MR) is 98.5 cm³/mol. The fourth-order valence-corrected chi connectivity index (χ4v) is 3.00. The van der Waals surface area contributed by atoms with Crippen LogP contribution in [0.1, 0.15) is 27.0 Å². The lowest BCUT2D eigenvalue weighted by molar-refractivity contribution is 0.0473. The van der Waals surface area contributed by atoms with Gasteiger partial charge in [0.1, 0.15) is 25.4 Å². The first-order valence-electron chi connectivity index (χ1n) is 8.62. The first kappa shape index (κ1) is 17.1. The van der Waals surface area contributed by atoms with Crippen molar-refractivity contribution in [2.45, 2.75) is 20.5 Å². The number of carbonyl (C=O) groups excluding carboxylic acids is 1. The fourth-order valence-electron chi connectivity index (χ4n) is 3.00. The minimum absolute atomic E-state index is 0.0299. The summed E-state index contributed by atoms with van der Waals surface area (Å²) < 4.78 is 21.6. The Labute approximate surface area is 155 Å². The van der Waals surface area contributed by atoms with Gasteiger partial charge in [-0.05, 0) is 55.3 Å². The van der Waals surface area contributed by atoms with E-state index in [1.165, 1.54) is 6.07 Å². The number of benzene rings is 2. The molecule has 3 aromatic rings. The first-order chi connectivity index (χ1) is 13.0. The molecular formula is C21H18O6. The number of rotatable bonds is 3. The van der Waals surface area contributed by atoms with Crippen molar-refractivity contribution in [1.29, 1.82) is 0 Å². The Hall–Kier alpha value is -3.28. The van der Waals surface area contributed by atoms with Gasteiger partial charge < -0.3 is 18.6 Å². The molecule has 4 rings (SSSR count). The molecule has 1 aromatic heterocycles. The predicted octanol–water partition coefficient (Wildman–Crippen LogP) is 3.54. The summed E-state index contributed by atoms with van der Waals surface area (Å²) in [7, 11) is 0. The van der Waals surface area contributed by atoms with Crippen molar-refractivity contribution in [3.05, 3.63) is 69.1 Å². The second kappa shape index (κ2) is 6.79. The largest absolute Gasteiger partial charge is 0.486 e. The van der Waals surface area contributed by atoms with E-state index in [2.05, 4.69) is 0 Å². The van der Waals surface area contributed by atoms with Crippen LogP contribution in [-0.4, -0.2) is 19.2 Å². The highest BCUT2D eigenvalue weighted by Crippen LogP contribution is 2.31. The van der Waals surface area contributed by atoms with Gasteiger partial charge in [-0.2, -0.15) is 0 Å². The van der Waals surface area contributed by atoms with Crippen LogP contribution in [-0.2, 0) is 11.3 Å². The van der Waals surface area contributed by atoms with Crippen molar-refractivity contribution >= 4 is 16.9 Å². The lowest BCUT2D eigenvalue weighted by atomic mass is 10.0. The standard InChI is InChI=1S/C21H18O6/c1-12-7-16-15(10-20(22)27-18(16)8-13(12)2)11-26-21(23)14-3-4-17-19(9-14)25-6-5-24-17/h3-4,7-10H,5-6,11H2,1-2H3. The molecule has 0 N–H and O–H groups in total. The van der Waals surface area contributed by atoms with Crippen molar-refractivity contribution in [3.63, 3.8) is 0 Å². The second-order valence-electron chi connectivity index (χ2n) is 6.46. The summed E-state index contributed by atoms with van der Waals surface area (Å²) in [5.74, 6) is 0.625. The van der Waals surface area contributed by atoms with Gasteiger partial charge >= 0.3 is 11.6 Å². The van der Waals surface area contributed by atoms with Crippen molar-refractivity contribution in [1.82, 2.24) is 0 Å². The van der Waals surface area contributed by atoms with Crippen LogP contribution in [0.15, 0.2) is 45.6 Å². The zero-order valence-electron chi connectivity index (χ0n) is 15.0. The molecule has 1 aliphatic heterocycles. The van der Waals surface area contributed by atoms with E-state index >= 15 is 0 Å². The van der Waals surface area contributed by atoms with Gasteiger partial charge in [-0.15, -0.1) is 0 Å². The highest BCUT2D eigenvalue weighted by Gasteiger charge is 2.16. The van der Waals surface area contributed by atoms with Crippen LogP contribution in [0.2, 0.25) is 0 Å². The molecular weight excluding hydrogens is 348 g/mol. The molecule has 0 spiro atoms. The average Bonchev–Trinajstić information content (AvgIpc) is 2.67. The monoisotopic (exact) mass is 366 g/mol. The van der Waals surface area contributed by atoms with Gasteiger partial charge in [0.25, 0.3) is 0 Å². The Morgan fingerprint density at radius 3 is 2.56 bits per heavy atom. The average molecular weight is 366 g/mol. The molecule has 0 saturated heterocycles. The summed E-state index contributed by atoms with van der Waals surface area (Å²) in [5.41, 5.74) is 3.06. The lowest BCUT2D eigenvalue weighted by Crippen LogP contribution is -2.16. The van der Waals surface area contributed by atoms with Gasteiger partial charge in [0.05, 0.1) is 5.56 Å². The highest BCUT2D eigenvalue weighted by atomic mass is 16.6. The van der Waals surface area contributed by atoms with Crippen molar-refractivity contribution in [2.24, 2.45) is 0 Å². The van der Waals surface area contributed by atoms with Gasteiger partial charge in [-0.3, -0.25) is 0 Å². The summed E-state index contributed by atoms with van der Waals surface area (Å²) in [4.78, 5) is 24.3. The normalized spacial score (nSPS) is 12.8. The minimum atomic E-state index is -0.503. The van der Waals surface area contributed by atoms with Gasteiger partial charge in [0, 0.05) is 17.0 Å². The van der Waals surface area contributed by atoms with Gasteiger partial charge in [-0.1, -0.05) is 0 Å². The first-order valence-corrected chi connectivity index (χ1v) is 8.62. The Morgan fingerprint density at radius 2 is 1.74 bits per heavy atom. The van der Waals surface area contributed by atoms with Crippen LogP contribution in [0.5, 0.6) is 11.5 Å². The van der Waals surface area contributed by atoms with E-state index in [4.69, 9.17) is 18.6 Å². The summed E-state index contributed by atoms with van der Waals surface area (Å²) in [6.45, 7) is 4.82. The molecule has 0 bridgehead atoms. The summed E-state index contributed by atoms with van der Waals surface area (Å²) in [5, 5.41) is 0.757. The smallest absolute Gasteiger partial charge is 0.338 e. The third-order valence-corrected chi connectivity index (χ3v) is 4.58. The van der Waals surface area contributed by atoms with E-state index in [9.17, 15) is 9.59 Å². The number of hydrogen-bond acceptors (Lipinski definition) is 6. The highest BCUT2D eigenvalue weighted by molar-refractivity contribution is 5.90. The van der Waals surface area contributed by atoms with Crippen molar-refractivity contribution in [2.75, 3.05) is 13.2 Å². The molecule has 0 aliphatic carbocycles. The maximum absolute atomic E-state index is 12.4. The maximum Gasteiger partial charge on any atom is 0.338 e. The van der Waals surface area contributed by atoms with Gasteiger partial charge in [-0.25, -0.2) is 9.59 Å². The third kappa shape index (κ3) is 3.38. The van der Waals surface area contributed by atoms with E-state index in [0.717, 1.165) is 16.5 Å². The molecule has 2 aromatic carbocycles. The number of aryl methyl sites for hydroxylation is 2. The third-order valence-electron chi connectivity index (χ3n) is 4.58. The Balaban J connectivity index is 1.59. The number of esters is 1. The molecule has 138 valence electrons. The number of fused-ring (bicyclic) bond motifs is 2. The molecule has 27 heavy (non-hydrogen) atoms. The Bertz CT molecular complexity index is 1100. The molecule has 0 atom stereocenters. The molecule has 6 nitrogen and oxygen atoms in total. The van der Waals surface area contributed by atoms with Crippen LogP contribution in [0.3, 0.4) is 0 Å². The molecule has 2 heterocycles. The van der Waals surface area contributed by atoms with Crippen molar-refractivity contribution in [3.8, 4) is 11.5 Å². The van der Waals surface area contributed by atoms with Crippen molar-refractivity contribution < 1.29 is 23.4 Å². The van der Waals surface area contributed by atoms with E-state index in [0.29, 0.717) is 41.4 Å². The summed E-state index contributed by atoms with van der Waals surface area (Å²) in [6.07, 6.45) is 0. The molecule has 1 aliphatic rings. The summed E-state index contributed by atoms with van der Waals surface area (Å²) in [6, 6.07) is 10.0. The second-order valence-corrected chi connectivity index (χ2v) is 6.46. The van der Waals surface area contributed by atoms with Crippen LogP contribution in [0.25, 0.3) is 11.0 Å². The SMILES string of the molecule is Cc1cc2oc(=O)cc(COC(=O)c3ccc4c(c3)OCCO4)c2cc1C. The lowest BCUT2D eigenvalue weighted by Gasteiger charge is -2.18. The Morgan fingerprint density at radius 1 is 1.00 bits per heavy atom. The molecule has 0 fully saturated rings. The fraction of sp³-hybridized carbons (Fsp3) is 0.238. The Kier molecular flexibility index (Phi) is 4.32. The topological polar surface area (TPSA) is 75.0 Å². The van der Waals surface area contributed by atoms with E-state index < -0.39 is 11.6 Å². The van der Waals surface area contributed by atoms with Crippen LogP contribution in [0.4, 0.5) is 0 Å². The van der Waals surface area contributed by atoms with E-state index in [-0.39, 0.29) is 6.61 Å². The zero-order valence-corrected chi connectivity index (χ0v) is 15.0. The number of ether oxygens (including phenoxy) is 3. The molecule has 6 heteroatoms.